The number of primary amides is 1. The molecule has 0 radical (unpaired) electrons. The van der Waals surface area contributed by atoms with E-state index in [0.29, 0.717) is 17.3 Å². The van der Waals surface area contributed by atoms with Crippen LogP contribution in [0.15, 0.2) is 36.5 Å². The Hall–Kier alpha value is -3.13. The number of hydrogen-bond acceptors (Lipinski definition) is 4. The Morgan fingerprint density at radius 1 is 1.32 bits per heavy atom. The van der Waals surface area contributed by atoms with Crippen LogP contribution in [0.25, 0.3) is 11.3 Å². The van der Waals surface area contributed by atoms with Gasteiger partial charge in [0.1, 0.15) is 5.69 Å². The smallest absolute Gasteiger partial charge is 0.273 e. The van der Waals surface area contributed by atoms with E-state index >= 15 is 0 Å². The number of aromatic nitrogens is 4. The summed E-state index contributed by atoms with van der Waals surface area (Å²) in [6.07, 6.45) is 1.55. The number of nitrogens with two attached hydrogens (primary N) is 1. The molecule has 0 atom stereocenters. The van der Waals surface area contributed by atoms with E-state index < -0.39 is 11.8 Å². The molecule has 0 aliphatic carbocycles. The van der Waals surface area contributed by atoms with Gasteiger partial charge in [0, 0.05) is 23.3 Å². The molecular weight excluding hydrogens is 344 g/mol. The zero-order valence-electron chi connectivity index (χ0n) is 13.3. The number of aryl methyl sites for hydroxylation is 1. The first-order valence-electron chi connectivity index (χ1n) is 7.48. The van der Waals surface area contributed by atoms with Crippen molar-refractivity contribution in [3.05, 3.63) is 52.9 Å². The summed E-state index contributed by atoms with van der Waals surface area (Å²) in [6, 6.07) is 8.69. The van der Waals surface area contributed by atoms with Gasteiger partial charge in [-0.25, -0.2) is 0 Å². The van der Waals surface area contributed by atoms with Gasteiger partial charge in [0.05, 0.1) is 11.4 Å². The molecular formula is C16H15ClN6O2. The molecule has 4 N–H and O–H groups in total. The number of H-pyrrole nitrogens is 1. The molecule has 0 aliphatic rings. The first-order chi connectivity index (χ1) is 12.0. The molecule has 0 saturated heterocycles. The molecule has 0 spiro atoms. The summed E-state index contributed by atoms with van der Waals surface area (Å²) in [5, 5.41) is 14.0. The van der Waals surface area contributed by atoms with Crippen molar-refractivity contribution in [2.75, 3.05) is 5.32 Å². The third kappa shape index (κ3) is 3.53. The molecule has 0 bridgehead atoms. The molecule has 1 aromatic carbocycles. The number of aromatic amines is 1. The molecule has 2 heterocycles. The minimum atomic E-state index is -0.714. The van der Waals surface area contributed by atoms with Gasteiger partial charge < -0.3 is 11.1 Å². The summed E-state index contributed by atoms with van der Waals surface area (Å²) in [5.74, 6) is -1.17. The van der Waals surface area contributed by atoms with E-state index in [1.54, 1.807) is 36.5 Å². The van der Waals surface area contributed by atoms with Gasteiger partial charge in [0.25, 0.3) is 11.8 Å². The predicted octanol–water partition coefficient (Wildman–Crippen LogP) is 2.30. The lowest BCUT2D eigenvalue weighted by Gasteiger charge is -2.01. The maximum absolute atomic E-state index is 12.4. The van der Waals surface area contributed by atoms with Crippen molar-refractivity contribution in [1.29, 1.82) is 0 Å². The van der Waals surface area contributed by atoms with Crippen molar-refractivity contribution in [2.45, 2.75) is 13.5 Å². The van der Waals surface area contributed by atoms with Crippen LogP contribution < -0.4 is 11.1 Å². The molecule has 0 saturated carbocycles. The molecule has 128 valence electrons. The highest BCUT2D eigenvalue weighted by molar-refractivity contribution is 6.30. The van der Waals surface area contributed by atoms with E-state index in [9.17, 15) is 9.59 Å². The van der Waals surface area contributed by atoms with Gasteiger partial charge in [-0.3, -0.25) is 19.4 Å². The van der Waals surface area contributed by atoms with Crippen LogP contribution in [0, 0.1) is 0 Å². The molecule has 0 aliphatic heterocycles. The molecule has 2 aromatic heterocycles. The van der Waals surface area contributed by atoms with Crippen LogP contribution in [0.1, 0.15) is 27.9 Å². The number of hydrogen-bond donors (Lipinski definition) is 3. The first kappa shape index (κ1) is 16.7. The van der Waals surface area contributed by atoms with Crippen LogP contribution in [-0.2, 0) is 6.54 Å². The third-order valence-electron chi connectivity index (χ3n) is 3.53. The van der Waals surface area contributed by atoms with E-state index in [0.717, 1.165) is 5.56 Å². The van der Waals surface area contributed by atoms with Gasteiger partial charge in [-0.05, 0) is 25.1 Å². The van der Waals surface area contributed by atoms with Crippen molar-refractivity contribution in [2.24, 2.45) is 5.73 Å². The maximum Gasteiger partial charge on any atom is 0.273 e. The fourth-order valence-corrected chi connectivity index (χ4v) is 2.38. The Morgan fingerprint density at radius 2 is 2.04 bits per heavy atom. The highest BCUT2D eigenvalue weighted by atomic mass is 35.5. The summed E-state index contributed by atoms with van der Waals surface area (Å²) < 4.78 is 1.52. The Balaban J connectivity index is 1.82. The Morgan fingerprint density at radius 3 is 2.68 bits per heavy atom. The Bertz CT molecular complexity index is 929. The highest BCUT2D eigenvalue weighted by Crippen LogP contribution is 2.21. The van der Waals surface area contributed by atoms with Crippen molar-refractivity contribution < 1.29 is 9.59 Å². The van der Waals surface area contributed by atoms with Crippen LogP contribution in [-0.4, -0.2) is 31.8 Å². The second kappa shape index (κ2) is 6.78. The largest absolute Gasteiger partial charge is 0.364 e. The lowest BCUT2D eigenvalue weighted by Crippen LogP contribution is -2.18. The van der Waals surface area contributed by atoms with Crippen molar-refractivity contribution in [3.63, 3.8) is 0 Å². The molecule has 0 fully saturated rings. The fourth-order valence-electron chi connectivity index (χ4n) is 2.25. The Kier molecular flexibility index (Phi) is 4.53. The predicted molar refractivity (Wildman–Crippen MR) is 93.4 cm³/mol. The maximum atomic E-state index is 12.4. The van der Waals surface area contributed by atoms with Gasteiger partial charge >= 0.3 is 0 Å². The van der Waals surface area contributed by atoms with E-state index in [2.05, 4.69) is 20.6 Å². The minimum Gasteiger partial charge on any atom is -0.364 e. The van der Waals surface area contributed by atoms with Crippen LogP contribution in [0.5, 0.6) is 0 Å². The quantitative estimate of drug-likeness (QED) is 0.648. The summed E-state index contributed by atoms with van der Waals surface area (Å²) >= 11 is 5.86. The van der Waals surface area contributed by atoms with Crippen LogP contribution in [0.2, 0.25) is 5.02 Å². The van der Waals surface area contributed by atoms with Gasteiger partial charge in [-0.15, -0.1) is 0 Å². The molecule has 2 amide bonds. The Labute approximate surface area is 148 Å². The summed E-state index contributed by atoms with van der Waals surface area (Å²) in [5.41, 5.74) is 7.21. The summed E-state index contributed by atoms with van der Waals surface area (Å²) in [6.45, 7) is 2.40. The monoisotopic (exact) mass is 358 g/mol. The minimum absolute atomic E-state index is 0.00707. The number of amides is 2. The zero-order valence-corrected chi connectivity index (χ0v) is 14.0. The first-order valence-corrected chi connectivity index (χ1v) is 7.85. The number of carbonyl (C=O) groups is 2. The number of anilines is 1. The molecule has 3 rings (SSSR count). The van der Waals surface area contributed by atoms with Gasteiger partial charge in [-0.1, -0.05) is 23.7 Å². The van der Waals surface area contributed by atoms with E-state index in [-0.39, 0.29) is 17.1 Å². The van der Waals surface area contributed by atoms with Gasteiger partial charge in [0.15, 0.2) is 5.69 Å². The summed E-state index contributed by atoms with van der Waals surface area (Å²) in [4.78, 5) is 23.8. The van der Waals surface area contributed by atoms with Crippen molar-refractivity contribution >= 4 is 29.1 Å². The lowest BCUT2D eigenvalue weighted by molar-refractivity contribution is 0.0995. The average Bonchev–Trinajstić information content (AvgIpc) is 3.22. The number of benzene rings is 1. The zero-order chi connectivity index (χ0) is 18.0. The molecule has 9 heteroatoms. The SMILES string of the molecule is CCn1cc(NC(=O)c2cc(-c3ccc(Cl)cc3)n[nH]2)c(C(N)=O)n1. The van der Waals surface area contributed by atoms with Crippen molar-refractivity contribution in [1.82, 2.24) is 20.0 Å². The average molecular weight is 359 g/mol. The van der Waals surface area contributed by atoms with E-state index in [1.807, 2.05) is 6.92 Å². The second-order valence-corrected chi connectivity index (χ2v) is 5.68. The number of carbonyl (C=O) groups excluding carboxylic acids is 2. The molecule has 25 heavy (non-hydrogen) atoms. The van der Waals surface area contributed by atoms with Gasteiger partial charge in [-0.2, -0.15) is 10.2 Å². The number of rotatable bonds is 5. The van der Waals surface area contributed by atoms with Crippen molar-refractivity contribution in [3.8, 4) is 11.3 Å². The second-order valence-electron chi connectivity index (χ2n) is 5.24. The number of halogens is 1. The fraction of sp³-hybridized carbons (Fsp3) is 0.125. The highest BCUT2D eigenvalue weighted by Gasteiger charge is 2.18. The number of nitrogens with zero attached hydrogens (tertiary/aromatic N) is 3. The lowest BCUT2D eigenvalue weighted by atomic mass is 10.1. The topological polar surface area (TPSA) is 119 Å². The van der Waals surface area contributed by atoms with E-state index in [1.165, 1.54) is 4.68 Å². The normalized spacial score (nSPS) is 10.6. The van der Waals surface area contributed by atoms with Gasteiger partial charge in [0.2, 0.25) is 0 Å². The number of nitrogens with one attached hydrogen (secondary N) is 2. The van der Waals surface area contributed by atoms with Crippen LogP contribution >= 0.6 is 11.6 Å². The van der Waals surface area contributed by atoms with Crippen LogP contribution in [0.3, 0.4) is 0 Å². The molecule has 0 unspecified atom stereocenters. The standard InChI is InChI=1S/C16H15ClN6O2/c1-2-23-8-13(14(22-23)15(18)24)19-16(25)12-7-11(20-21-12)9-3-5-10(17)6-4-9/h3-8H,2H2,1H3,(H2,18,24)(H,19,25)(H,20,21). The van der Waals surface area contributed by atoms with E-state index in [4.69, 9.17) is 17.3 Å². The molecule has 3 aromatic rings. The van der Waals surface area contributed by atoms with Crippen LogP contribution in [0.4, 0.5) is 5.69 Å². The third-order valence-corrected chi connectivity index (χ3v) is 3.78. The summed E-state index contributed by atoms with van der Waals surface area (Å²) in [7, 11) is 0. The molecule has 8 nitrogen and oxygen atoms in total.